The standard InChI is InChI=1S/C19H36N6/c1-3-4-5-6-7-8-11-14-21-19(20-2)22-16-18-24-23-17-13-10-9-12-15-25(17)18/h3-16H2,1-2H3,(H2,20,21,22). The van der Waals surface area contributed by atoms with Gasteiger partial charge in [0.1, 0.15) is 5.82 Å². The van der Waals surface area contributed by atoms with Gasteiger partial charge in [0, 0.05) is 26.6 Å². The van der Waals surface area contributed by atoms with Gasteiger partial charge < -0.3 is 15.2 Å². The van der Waals surface area contributed by atoms with Crippen LogP contribution in [0.25, 0.3) is 0 Å². The summed E-state index contributed by atoms with van der Waals surface area (Å²) in [6.07, 6.45) is 14.1. The van der Waals surface area contributed by atoms with Crippen LogP contribution in [0.1, 0.15) is 82.8 Å². The molecule has 6 nitrogen and oxygen atoms in total. The molecule has 6 heteroatoms. The first-order chi connectivity index (χ1) is 12.3. The van der Waals surface area contributed by atoms with E-state index >= 15 is 0 Å². The van der Waals surface area contributed by atoms with Crippen molar-refractivity contribution < 1.29 is 0 Å². The van der Waals surface area contributed by atoms with Crippen LogP contribution in [0.4, 0.5) is 0 Å². The second-order valence-electron chi connectivity index (χ2n) is 6.97. The van der Waals surface area contributed by atoms with Gasteiger partial charge in [-0.15, -0.1) is 10.2 Å². The maximum absolute atomic E-state index is 4.36. The molecule has 25 heavy (non-hydrogen) atoms. The molecule has 0 bridgehead atoms. The number of unbranched alkanes of at least 4 members (excludes halogenated alkanes) is 6. The molecule has 0 aromatic carbocycles. The monoisotopic (exact) mass is 348 g/mol. The number of guanidine groups is 1. The van der Waals surface area contributed by atoms with Crippen molar-refractivity contribution in [2.45, 2.75) is 90.6 Å². The highest BCUT2D eigenvalue weighted by Gasteiger charge is 2.14. The summed E-state index contributed by atoms with van der Waals surface area (Å²) < 4.78 is 2.28. The molecule has 0 amide bonds. The summed E-state index contributed by atoms with van der Waals surface area (Å²) in [4.78, 5) is 4.31. The fourth-order valence-electron chi connectivity index (χ4n) is 3.35. The quantitative estimate of drug-likeness (QED) is 0.386. The fourth-order valence-corrected chi connectivity index (χ4v) is 3.35. The number of aromatic nitrogens is 3. The van der Waals surface area contributed by atoms with Crippen LogP contribution in [-0.4, -0.2) is 34.3 Å². The van der Waals surface area contributed by atoms with E-state index < -0.39 is 0 Å². The van der Waals surface area contributed by atoms with Crippen molar-refractivity contribution in [1.29, 1.82) is 0 Å². The molecule has 0 saturated heterocycles. The van der Waals surface area contributed by atoms with Crippen LogP contribution < -0.4 is 10.6 Å². The molecule has 1 aliphatic heterocycles. The van der Waals surface area contributed by atoms with E-state index in [1.54, 1.807) is 0 Å². The molecule has 0 fully saturated rings. The molecule has 0 aliphatic carbocycles. The van der Waals surface area contributed by atoms with E-state index in [9.17, 15) is 0 Å². The Balaban J connectivity index is 1.63. The average molecular weight is 349 g/mol. The van der Waals surface area contributed by atoms with Gasteiger partial charge in [-0.2, -0.15) is 0 Å². The van der Waals surface area contributed by atoms with Gasteiger partial charge >= 0.3 is 0 Å². The van der Waals surface area contributed by atoms with Crippen LogP contribution in [0.5, 0.6) is 0 Å². The van der Waals surface area contributed by atoms with E-state index in [0.717, 1.165) is 37.1 Å². The highest BCUT2D eigenvalue weighted by atomic mass is 15.3. The maximum Gasteiger partial charge on any atom is 0.191 e. The van der Waals surface area contributed by atoms with Crippen molar-refractivity contribution in [2.75, 3.05) is 13.6 Å². The zero-order valence-electron chi connectivity index (χ0n) is 16.2. The molecule has 0 radical (unpaired) electrons. The summed E-state index contributed by atoms with van der Waals surface area (Å²) >= 11 is 0. The molecule has 142 valence electrons. The third-order valence-corrected chi connectivity index (χ3v) is 4.90. The first kappa shape index (κ1) is 19.7. The Bertz CT molecular complexity index is 508. The van der Waals surface area contributed by atoms with Crippen molar-refractivity contribution in [3.05, 3.63) is 11.6 Å². The van der Waals surface area contributed by atoms with Crippen LogP contribution in [0.2, 0.25) is 0 Å². The minimum absolute atomic E-state index is 0.684. The second kappa shape index (κ2) is 11.9. The molecule has 0 atom stereocenters. The van der Waals surface area contributed by atoms with Gasteiger partial charge in [0.05, 0.1) is 6.54 Å². The number of hydrogen-bond donors (Lipinski definition) is 2. The predicted octanol–water partition coefficient (Wildman–Crippen LogP) is 3.42. The Kier molecular flexibility index (Phi) is 9.37. The number of hydrogen-bond acceptors (Lipinski definition) is 3. The minimum Gasteiger partial charge on any atom is -0.356 e. The lowest BCUT2D eigenvalue weighted by atomic mass is 10.1. The van der Waals surface area contributed by atoms with Crippen LogP contribution in [0.15, 0.2) is 4.99 Å². The molecule has 2 rings (SSSR count). The lowest BCUT2D eigenvalue weighted by Gasteiger charge is -2.12. The first-order valence-electron chi connectivity index (χ1n) is 10.2. The van der Waals surface area contributed by atoms with E-state index in [1.807, 2.05) is 7.05 Å². The van der Waals surface area contributed by atoms with Crippen molar-refractivity contribution in [3.63, 3.8) is 0 Å². The van der Waals surface area contributed by atoms with E-state index in [-0.39, 0.29) is 0 Å². The summed E-state index contributed by atoms with van der Waals surface area (Å²) in [6, 6.07) is 0. The van der Waals surface area contributed by atoms with Gasteiger partial charge in [0.2, 0.25) is 0 Å². The predicted molar refractivity (Wildman–Crippen MR) is 104 cm³/mol. The first-order valence-corrected chi connectivity index (χ1v) is 10.2. The van der Waals surface area contributed by atoms with Gasteiger partial charge in [0.15, 0.2) is 11.8 Å². The van der Waals surface area contributed by atoms with Crippen LogP contribution in [0.3, 0.4) is 0 Å². The molecule has 2 N–H and O–H groups in total. The number of aliphatic imine (C=N–C) groups is 1. The lowest BCUT2D eigenvalue weighted by molar-refractivity contribution is 0.580. The molecule has 1 aromatic heterocycles. The van der Waals surface area contributed by atoms with Crippen LogP contribution in [-0.2, 0) is 19.5 Å². The minimum atomic E-state index is 0.684. The van der Waals surface area contributed by atoms with Crippen molar-refractivity contribution >= 4 is 5.96 Å². The number of nitrogens with zero attached hydrogens (tertiary/aromatic N) is 4. The fraction of sp³-hybridized carbons (Fsp3) is 0.842. The molecule has 0 saturated carbocycles. The van der Waals surface area contributed by atoms with Crippen molar-refractivity contribution in [1.82, 2.24) is 25.4 Å². The summed E-state index contributed by atoms with van der Waals surface area (Å²) in [5.41, 5.74) is 0. The van der Waals surface area contributed by atoms with E-state index in [1.165, 1.54) is 64.2 Å². The Morgan fingerprint density at radius 2 is 1.80 bits per heavy atom. The second-order valence-corrected chi connectivity index (χ2v) is 6.97. The number of fused-ring (bicyclic) bond motifs is 1. The Labute approximate surface area is 152 Å². The number of aryl methyl sites for hydroxylation is 1. The smallest absolute Gasteiger partial charge is 0.191 e. The average Bonchev–Trinajstić information content (AvgIpc) is 2.86. The van der Waals surface area contributed by atoms with E-state index in [0.29, 0.717) is 6.54 Å². The summed E-state index contributed by atoms with van der Waals surface area (Å²) in [6.45, 7) is 4.97. The lowest BCUT2D eigenvalue weighted by Crippen LogP contribution is -2.37. The van der Waals surface area contributed by atoms with Gasteiger partial charge in [0.25, 0.3) is 0 Å². The van der Waals surface area contributed by atoms with E-state index in [4.69, 9.17) is 0 Å². The largest absolute Gasteiger partial charge is 0.356 e. The molecule has 2 heterocycles. The van der Waals surface area contributed by atoms with E-state index in [2.05, 4.69) is 37.3 Å². The highest BCUT2D eigenvalue weighted by Crippen LogP contribution is 2.14. The summed E-state index contributed by atoms with van der Waals surface area (Å²) in [7, 11) is 1.82. The highest BCUT2D eigenvalue weighted by molar-refractivity contribution is 5.79. The Morgan fingerprint density at radius 3 is 2.60 bits per heavy atom. The Morgan fingerprint density at radius 1 is 1.00 bits per heavy atom. The normalized spacial score (nSPS) is 14.9. The molecule has 0 spiro atoms. The molecule has 1 aromatic rings. The molecular formula is C19H36N6. The van der Waals surface area contributed by atoms with Crippen molar-refractivity contribution in [3.8, 4) is 0 Å². The Hall–Kier alpha value is -1.59. The third-order valence-electron chi connectivity index (χ3n) is 4.90. The number of nitrogens with one attached hydrogen (secondary N) is 2. The summed E-state index contributed by atoms with van der Waals surface area (Å²) in [5, 5.41) is 15.5. The van der Waals surface area contributed by atoms with Gasteiger partial charge in [-0.25, -0.2) is 0 Å². The number of rotatable bonds is 10. The van der Waals surface area contributed by atoms with Gasteiger partial charge in [-0.05, 0) is 19.3 Å². The van der Waals surface area contributed by atoms with Gasteiger partial charge in [-0.3, -0.25) is 4.99 Å². The summed E-state index contributed by atoms with van der Waals surface area (Å²) in [5.74, 6) is 3.02. The van der Waals surface area contributed by atoms with Crippen LogP contribution >= 0.6 is 0 Å². The molecule has 0 unspecified atom stereocenters. The zero-order chi connectivity index (χ0) is 17.7. The molecular weight excluding hydrogens is 312 g/mol. The zero-order valence-corrected chi connectivity index (χ0v) is 16.2. The maximum atomic E-state index is 4.36. The topological polar surface area (TPSA) is 67.1 Å². The van der Waals surface area contributed by atoms with Crippen LogP contribution in [0, 0.1) is 0 Å². The SMILES string of the molecule is CCCCCCCCCNC(=NC)NCc1nnc2n1CCCCC2. The molecule has 1 aliphatic rings. The third kappa shape index (κ3) is 7.04. The van der Waals surface area contributed by atoms with Crippen molar-refractivity contribution in [2.24, 2.45) is 4.99 Å². The van der Waals surface area contributed by atoms with Gasteiger partial charge in [-0.1, -0.05) is 51.9 Å².